The van der Waals surface area contributed by atoms with Crippen molar-refractivity contribution in [2.75, 3.05) is 0 Å². The first-order valence-corrected chi connectivity index (χ1v) is 6.10. The number of H-pyrrole nitrogens is 1. The van der Waals surface area contributed by atoms with Gasteiger partial charge in [-0.3, -0.25) is 14.3 Å². The molecule has 0 radical (unpaired) electrons. The Balaban J connectivity index is 2.26. The molecule has 0 atom stereocenters. The van der Waals surface area contributed by atoms with Gasteiger partial charge in [0.25, 0.3) is 5.56 Å². The monoisotopic (exact) mass is 274 g/mol. The molecule has 0 spiro atoms. The third-order valence-electron chi connectivity index (χ3n) is 2.97. The van der Waals surface area contributed by atoms with Crippen LogP contribution in [0.1, 0.15) is 21.5 Å². The van der Waals surface area contributed by atoms with Crippen molar-refractivity contribution < 1.29 is 9.90 Å². The third-order valence-corrected chi connectivity index (χ3v) is 2.97. The van der Waals surface area contributed by atoms with Crippen LogP contribution in [0.4, 0.5) is 0 Å². The van der Waals surface area contributed by atoms with Crippen LogP contribution in [0.2, 0.25) is 0 Å². The summed E-state index contributed by atoms with van der Waals surface area (Å²) in [5.74, 6) is -1.35. The number of carbonyl (C=O) groups is 1. The molecule has 0 saturated heterocycles. The second kappa shape index (κ2) is 5.56. The minimum absolute atomic E-state index is 0.305. The zero-order valence-electron chi connectivity index (χ0n) is 10.9. The number of benzene rings is 1. The van der Waals surface area contributed by atoms with Crippen molar-refractivity contribution in [2.45, 2.75) is 19.9 Å². The maximum atomic E-state index is 11.6. The molecule has 1 aromatic heterocycles. The van der Waals surface area contributed by atoms with Gasteiger partial charge in [-0.05, 0) is 18.9 Å². The molecule has 0 bridgehead atoms. The number of aromatic amines is 1. The molecule has 0 fully saturated rings. The molecule has 0 unspecified atom stereocenters. The van der Waals surface area contributed by atoms with E-state index in [0.717, 1.165) is 17.3 Å². The summed E-state index contributed by atoms with van der Waals surface area (Å²) < 4.78 is 1.20. The number of carboxylic acid groups (broad SMARTS) is 1. The highest BCUT2D eigenvalue weighted by Gasteiger charge is 2.11. The molecule has 0 amide bonds. The number of rotatable bonds is 4. The van der Waals surface area contributed by atoms with E-state index in [0.29, 0.717) is 13.0 Å². The Kier molecular flexibility index (Phi) is 3.84. The predicted octanol–water partition coefficient (Wildman–Crippen LogP) is 0.786. The Bertz CT molecular complexity index is 758. The maximum absolute atomic E-state index is 11.6. The smallest absolute Gasteiger partial charge is 0.342 e. The lowest BCUT2D eigenvalue weighted by molar-refractivity contribution is 0.0693. The lowest BCUT2D eigenvalue weighted by atomic mass is 10.1. The van der Waals surface area contributed by atoms with Gasteiger partial charge >= 0.3 is 11.7 Å². The Morgan fingerprint density at radius 1 is 1.35 bits per heavy atom. The first-order chi connectivity index (χ1) is 9.47. The molecular formula is C14H14N2O4. The van der Waals surface area contributed by atoms with Crippen LogP contribution in [0.25, 0.3) is 0 Å². The molecule has 1 aromatic carbocycles. The second-order valence-corrected chi connectivity index (χ2v) is 4.54. The topological polar surface area (TPSA) is 92.2 Å². The fraction of sp³-hybridized carbons (Fsp3) is 0.214. The lowest BCUT2D eigenvalue weighted by Crippen LogP contribution is -2.33. The number of aryl methyl sites for hydroxylation is 3. The van der Waals surface area contributed by atoms with Crippen molar-refractivity contribution in [3.8, 4) is 0 Å². The van der Waals surface area contributed by atoms with Crippen molar-refractivity contribution in [1.29, 1.82) is 0 Å². The van der Waals surface area contributed by atoms with Crippen LogP contribution in [0.15, 0.2) is 40.1 Å². The van der Waals surface area contributed by atoms with E-state index in [1.165, 1.54) is 4.57 Å². The zero-order valence-corrected chi connectivity index (χ0v) is 10.9. The van der Waals surface area contributed by atoms with Crippen LogP contribution < -0.4 is 11.2 Å². The summed E-state index contributed by atoms with van der Waals surface area (Å²) in [6.07, 6.45) is 1.66. The predicted molar refractivity (Wildman–Crippen MR) is 73.2 cm³/mol. The maximum Gasteiger partial charge on any atom is 0.342 e. The normalized spacial score (nSPS) is 10.4. The third kappa shape index (κ3) is 3.03. The Labute approximate surface area is 114 Å². The number of aromatic nitrogens is 2. The van der Waals surface area contributed by atoms with Gasteiger partial charge in [0, 0.05) is 12.7 Å². The van der Waals surface area contributed by atoms with E-state index in [9.17, 15) is 14.4 Å². The molecule has 0 aliphatic heterocycles. The molecule has 2 N–H and O–H groups in total. The molecule has 0 aliphatic rings. The first kappa shape index (κ1) is 13.8. The minimum Gasteiger partial charge on any atom is -0.477 e. The molecular weight excluding hydrogens is 260 g/mol. The summed E-state index contributed by atoms with van der Waals surface area (Å²) in [6, 6.07) is 7.82. The van der Waals surface area contributed by atoms with E-state index in [1.807, 2.05) is 36.2 Å². The van der Waals surface area contributed by atoms with Gasteiger partial charge in [0.05, 0.1) is 0 Å². The van der Waals surface area contributed by atoms with Gasteiger partial charge in [-0.2, -0.15) is 0 Å². The van der Waals surface area contributed by atoms with Crippen LogP contribution in [0.5, 0.6) is 0 Å². The molecule has 0 aliphatic carbocycles. The number of carboxylic acids is 1. The van der Waals surface area contributed by atoms with Gasteiger partial charge in [0.15, 0.2) is 0 Å². The molecule has 104 valence electrons. The summed E-state index contributed by atoms with van der Waals surface area (Å²) in [7, 11) is 0. The fourth-order valence-corrected chi connectivity index (χ4v) is 1.94. The van der Waals surface area contributed by atoms with Gasteiger partial charge in [-0.1, -0.05) is 29.8 Å². The van der Waals surface area contributed by atoms with Crippen LogP contribution >= 0.6 is 0 Å². The molecule has 6 nitrogen and oxygen atoms in total. The SMILES string of the molecule is Cc1cccc(CCn2cc(C(=O)O)c(=O)[nH]c2=O)c1. The first-order valence-electron chi connectivity index (χ1n) is 6.10. The molecule has 20 heavy (non-hydrogen) atoms. The average molecular weight is 274 g/mol. The Morgan fingerprint density at radius 2 is 2.10 bits per heavy atom. The van der Waals surface area contributed by atoms with Crippen molar-refractivity contribution in [3.63, 3.8) is 0 Å². The van der Waals surface area contributed by atoms with Crippen LogP contribution in [-0.4, -0.2) is 20.6 Å². The van der Waals surface area contributed by atoms with E-state index in [2.05, 4.69) is 0 Å². The summed E-state index contributed by atoms with van der Waals surface area (Å²) in [5.41, 5.74) is 0.235. The molecule has 6 heteroatoms. The highest BCUT2D eigenvalue weighted by molar-refractivity contribution is 5.86. The van der Waals surface area contributed by atoms with Crippen molar-refractivity contribution in [3.05, 3.63) is 68.0 Å². The number of hydrogen-bond acceptors (Lipinski definition) is 3. The minimum atomic E-state index is -1.35. The Hall–Kier alpha value is -2.63. The van der Waals surface area contributed by atoms with Crippen LogP contribution in [-0.2, 0) is 13.0 Å². The van der Waals surface area contributed by atoms with Gasteiger partial charge in [0.2, 0.25) is 0 Å². The van der Waals surface area contributed by atoms with Crippen LogP contribution in [0.3, 0.4) is 0 Å². The standard InChI is InChI=1S/C14H14N2O4/c1-9-3-2-4-10(7-9)5-6-16-8-11(13(18)19)12(17)15-14(16)20/h2-4,7-8H,5-6H2,1H3,(H,18,19)(H,15,17,20). The second-order valence-electron chi connectivity index (χ2n) is 4.54. The fourth-order valence-electron chi connectivity index (χ4n) is 1.94. The van der Waals surface area contributed by atoms with E-state index in [-0.39, 0.29) is 0 Å². The number of nitrogens with zero attached hydrogens (tertiary/aromatic N) is 1. The Morgan fingerprint density at radius 3 is 2.75 bits per heavy atom. The van der Waals surface area contributed by atoms with Crippen molar-refractivity contribution in [2.24, 2.45) is 0 Å². The largest absolute Gasteiger partial charge is 0.477 e. The van der Waals surface area contributed by atoms with Gasteiger partial charge in [-0.25, -0.2) is 9.59 Å². The van der Waals surface area contributed by atoms with E-state index in [4.69, 9.17) is 5.11 Å². The highest BCUT2D eigenvalue weighted by atomic mass is 16.4. The van der Waals surface area contributed by atoms with E-state index in [1.54, 1.807) is 0 Å². The van der Waals surface area contributed by atoms with Crippen molar-refractivity contribution in [1.82, 2.24) is 9.55 Å². The molecule has 1 heterocycles. The van der Waals surface area contributed by atoms with Crippen LogP contribution in [0, 0.1) is 6.92 Å². The summed E-state index contributed by atoms with van der Waals surface area (Å²) >= 11 is 0. The number of hydrogen-bond donors (Lipinski definition) is 2. The molecule has 2 rings (SSSR count). The van der Waals surface area contributed by atoms with Gasteiger partial charge in [-0.15, -0.1) is 0 Å². The number of aromatic carboxylic acids is 1. The zero-order chi connectivity index (χ0) is 14.7. The summed E-state index contributed by atoms with van der Waals surface area (Å²) in [6.45, 7) is 2.28. The van der Waals surface area contributed by atoms with E-state index >= 15 is 0 Å². The van der Waals surface area contributed by atoms with E-state index < -0.39 is 22.8 Å². The summed E-state index contributed by atoms with van der Waals surface area (Å²) in [4.78, 5) is 35.8. The van der Waals surface area contributed by atoms with Gasteiger partial charge in [0.1, 0.15) is 5.56 Å². The lowest BCUT2D eigenvalue weighted by Gasteiger charge is -2.06. The summed E-state index contributed by atoms with van der Waals surface area (Å²) in [5, 5.41) is 8.87. The number of nitrogens with one attached hydrogen (secondary N) is 1. The molecule has 0 saturated carbocycles. The van der Waals surface area contributed by atoms with Gasteiger partial charge < -0.3 is 5.11 Å². The average Bonchev–Trinajstić information content (AvgIpc) is 2.37. The molecule has 2 aromatic rings. The quantitative estimate of drug-likeness (QED) is 0.862. The highest BCUT2D eigenvalue weighted by Crippen LogP contribution is 2.05. The van der Waals surface area contributed by atoms with Crippen molar-refractivity contribution >= 4 is 5.97 Å².